The summed E-state index contributed by atoms with van der Waals surface area (Å²) in [6.07, 6.45) is 0.0861. The van der Waals surface area contributed by atoms with Crippen LogP contribution in [0.1, 0.15) is 33.1 Å². The molecule has 7 heteroatoms. The molecule has 114 valence electrons. The molecule has 0 bridgehead atoms. The maximum absolute atomic E-state index is 10.8. The highest BCUT2D eigenvalue weighted by Crippen LogP contribution is 2.21. The molecule has 0 aliphatic rings. The van der Waals surface area contributed by atoms with Crippen molar-refractivity contribution >= 4 is 17.3 Å². The van der Waals surface area contributed by atoms with Crippen LogP contribution in [0.4, 0.5) is 0 Å². The second kappa shape index (κ2) is 6.36. The van der Waals surface area contributed by atoms with E-state index in [0.29, 0.717) is 24.8 Å². The Morgan fingerprint density at radius 2 is 2.24 bits per heavy atom. The molecule has 0 aliphatic heterocycles. The molecule has 21 heavy (non-hydrogen) atoms. The van der Waals surface area contributed by atoms with Gasteiger partial charge >= 0.3 is 5.97 Å². The van der Waals surface area contributed by atoms with Crippen LogP contribution in [0, 0.1) is 0 Å². The van der Waals surface area contributed by atoms with Gasteiger partial charge in [0.1, 0.15) is 0 Å². The Kier molecular flexibility index (Phi) is 4.74. The number of hydrogen-bond acceptors (Lipinski definition) is 6. The lowest BCUT2D eigenvalue weighted by Gasteiger charge is -2.34. The summed E-state index contributed by atoms with van der Waals surface area (Å²) in [6, 6.07) is 1.94. The van der Waals surface area contributed by atoms with Crippen LogP contribution < -0.4 is 0 Å². The van der Waals surface area contributed by atoms with E-state index >= 15 is 0 Å². The van der Waals surface area contributed by atoms with Crippen molar-refractivity contribution in [2.45, 2.75) is 39.3 Å². The first kappa shape index (κ1) is 15.7. The minimum absolute atomic E-state index is 0.0861. The average Bonchev–Trinajstić information content (AvgIpc) is 3.03. The van der Waals surface area contributed by atoms with E-state index in [-0.39, 0.29) is 12.0 Å². The van der Waals surface area contributed by atoms with Gasteiger partial charge in [0, 0.05) is 23.0 Å². The van der Waals surface area contributed by atoms with E-state index in [1.54, 1.807) is 11.3 Å². The first-order chi connectivity index (χ1) is 9.86. The maximum atomic E-state index is 10.8. The van der Waals surface area contributed by atoms with Crippen LogP contribution in [0.15, 0.2) is 21.3 Å². The molecule has 1 N–H and O–H groups in total. The standard InChI is InChI=1S/C14H19N3O3S/c1-14(2,3)17(6-4-12(18)19)8-11-15-13(16-20-11)10-5-7-21-9-10/h5,7,9H,4,6,8H2,1-3H3,(H,18,19). The number of aliphatic carboxylic acids is 1. The van der Waals surface area contributed by atoms with Gasteiger partial charge in [-0.15, -0.1) is 0 Å². The summed E-state index contributed by atoms with van der Waals surface area (Å²) in [5, 5.41) is 16.7. The Labute approximate surface area is 127 Å². The lowest BCUT2D eigenvalue weighted by Crippen LogP contribution is -2.42. The van der Waals surface area contributed by atoms with Crippen molar-refractivity contribution in [3.63, 3.8) is 0 Å². The van der Waals surface area contributed by atoms with Gasteiger partial charge < -0.3 is 9.63 Å². The van der Waals surface area contributed by atoms with Crippen LogP contribution in [-0.4, -0.2) is 38.2 Å². The van der Waals surface area contributed by atoms with Crippen LogP contribution in [0.5, 0.6) is 0 Å². The molecule has 2 aromatic rings. The van der Waals surface area contributed by atoms with Crippen molar-refractivity contribution in [2.24, 2.45) is 0 Å². The zero-order chi connectivity index (χ0) is 15.5. The fourth-order valence-electron chi connectivity index (χ4n) is 1.87. The van der Waals surface area contributed by atoms with Crippen molar-refractivity contribution in [3.8, 4) is 11.4 Å². The summed E-state index contributed by atoms with van der Waals surface area (Å²) in [4.78, 5) is 17.2. The van der Waals surface area contributed by atoms with E-state index in [4.69, 9.17) is 9.63 Å². The monoisotopic (exact) mass is 309 g/mol. The van der Waals surface area contributed by atoms with E-state index in [1.165, 1.54) is 0 Å². The predicted molar refractivity (Wildman–Crippen MR) is 80.0 cm³/mol. The summed E-state index contributed by atoms with van der Waals surface area (Å²) in [5.41, 5.74) is 0.759. The molecule has 0 saturated heterocycles. The van der Waals surface area contributed by atoms with Gasteiger partial charge in [-0.1, -0.05) is 5.16 Å². The Morgan fingerprint density at radius 1 is 1.48 bits per heavy atom. The molecule has 2 aromatic heterocycles. The zero-order valence-electron chi connectivity index (χ0n) is 12.4. The number of thiophene rings is 1. The highest BCUT2D eigenvalue weighted by molar-refractivity contribution is 7.08. The summed E-state index contributed by atoms with van der Waals surface area (Å²) < 4.78 is 5.28. The molecule has 0 amide bonds. The summed E-state index contributed by atoms with van der Waals surface area (Å²) in [6.45, 7) is 6.98. The van der Waals surface area contributed by atoms with E-state index in [9.17, 15) is 4.79 Å². The van der Waals surface area contributed by atoms with Crippen LogP contribution >= 0.6 is 11.3 Å². The van der Waals surface area contributed by atoms with E-state index in [2.05, 4.69) is 10.1 Å². The Bertz CT molecular complexity index is 587. The highest BCUT2D eigenvalue weighted by atomic mass is 32.1. The van der Waals surface area contributed by atoms with Crippen LogP contribution in [-0.2, 0) is 11.3 Å². The largest absolute Gasteiger partial charge is 0.481 e. The SMILES string of the molecule is CC(C)(C)N(CCC(=O)O)Cc1nc(-c2ccsc2)no1. The second-order valence-corrected chi connectivity index (χ2v) is 6.54. The van der Waals surface area contributed by atoms with Crippen molar-refractivity contribution in [1.82, 2.24) is 15.0 Å². The number of carbonyl (C=O) groups is 1. The smallest absolute Gasteiger partial charge is 0.304 e. The second-order valence-electron chi connectivity index (χ2n) is 5.76. The van der Waals surface area contributed by atoms with E-state index < -0.39 is 5.97 Å². The van der Waals surface area contributed by atoms with Gasteiger partial charge in [-0.25, -0.2) is 0 Å². The molecule has 0 unspecified atom stereocenters. The third-order valence-electron chi connectivity index (χ3n) is 3.12. The maximum Gasteiger partial charge on any atom is 0.304 e. The van der Waals surface area contributed by atoms with Crippen molar-refractivity contribution in [2.75, 3.05) is 6.54 Å². The van der Waals surface area contributed by atoms with Gasteiger partial charge in [0.05, 0.1) is 13.0 Å². The number of rotatable bonds is 6. The van der Waals surface area contributed by atoms with Gasteiger partial charge in [0.25, 0.3) is 0 Å². The van der Waals surface area contributed by atoms with Gasteiger partial charge in [-0.2, -0.15) is 16.3 Å². The molecular weight excluding hydrogens is 290 g/mol. The van der Waals surface area contributed by atoms with Crippen molar-refractivity contribution in [1.29, 1.82) is 0 Å². The average molecular weight is 309 g/mol. The number of aromatic nitrogens is 2. The van der Waals surface area contributed by atoms with Crippen LogP contribution in [0.2, 0.25) is 0 Å². The summed E-state index contributed by atoms with van der Waals surface area (Å²) >= 11 is 1.58. The summed E-state index contributed by atoms with van der Waals surface area (Å²) in [5.74, 6) is 0.253. The Balaban J connectivity index is 2.08. The zero-order valence-corrected chi connectivity index (χ0v) is 13.2. The molecular formula is C14H19N3O3S. The number of carboxylic acid groups (broad SMARTS) is 1. The molecule has 0 spiro atoms. The molecule has 6 nitrogen and oxygen atoms in total. The molecule has 0 fully saturated rings. The lowest BCUT2D eigenvalue weighted by molar-refractivity contribution is -0.137. The lowest BCUT2D eigenvalue weighted by atomic mass is 10.1. The predicted octanol–water partition coefficient (Wildman–Crippen LogP) is 2.87. The van der Waals surface area contributed by atoms with Crippen molar-refractivity contribution in [3.05, 3.63) is 22.7 Å². The van der Waals surface area contributed by atoms with Gasteiger partial charge in [-0.05, 0) is 32.2 Å². The Hall–Kier alpha value is -1.73. The molecule has 0 aromatic carbocycles. The molecule has 2 rings (SSSR count). The fourth-order valence-corrected chi connectivity index (χ4v) is 2.51. The van der Waals surface area contributed by atoms with Crippen molar-refractivity contribution < 1.29 is 14.4 Å². The Morgan fingerprint density at radius 3 is 2.81 bits per heavy atom. The molecule has 0 atom stereocenters. The molecule has 0 aliphatic carbocycles. The third kappa shape index (κ3) is 4.37. The fraction of sp³-hybridized carbons (Fsp3) is 0.500. The molecule has 0 saturated carbocycles. The number of hydrogen-bond donors (Lipinski definition) is 1. The van der Waals surface area contributed by atoms with E-state index in [0.717, 1.165) is 5.56 Å². The minimum Gasteiger partial charge on any atom is -0.481 e. The summed E-state index contributed by atoms with van der Waals surface area (Å²) in [7, 11) is 0. The topological polar surface area (TPSA) is 79.5 Å². The van der Waals surface area contributed by atoms with Crippen LogP contribution in [0.25, 0.3) is 11.4 Å². The highest BCUT2D eigenvalue weighted by Gasteiger charge is 2.24. The van der Waals surface area contributed by atoms with Gasteiger partial charge in [-0.3, -0.25) is 9.69 Å². The number of carboxylic acids is 1. The quantitative estimate of drug-likeness (QED) is 0.884. The first-order valence-electron chi connectivity index (χ1n) is 6.68. The van der Waals surface area contributed by atoms with Gasteiger partial charge in [0.2, 0.25) is 11.7 Å². The molecule has 2 heterocycles. The van der Waals surface area contributed by atoms with Gasteiger partial charge in [0.15, 0.2) is 0 Å². The minimum atomic E-state index is -0.811. The third-order valence-corrected chi connectivity index (χ3v) is 3.80. The molecule has 0 radical (unpaired) electrons. The first-order valence-corrected chi connectivity index (χ1v) is 7.62. The number of nitrogens with zero attached hydrogens (tertiary/aromatic N) is 3. The normalized spacial score (nSPS) is 12.0. The van der Waals surface area contributed by atoms with Crippen LogP contribution in [0.3, 0.4) is 0 Å². The van der Waals surface area contributed by atoms with E-state index in [1.807, 2.05) is 42.5 Å².